The summed E-state index contributed by atoms with van der Waals surface area (Å²) in [6.07, 6.45) is 10.9. The number of imidazole rings is 1. The van der Waals surface area contributed by atoms with Crippen LogP contribution < -0.4 is 21.7 Å². The van der Waals surface area contributed by atoms with Crippen molar-refractivity contribution in [3.63, 3.8) is 0 Å². The number of benzene rings is 3. The van der Waals surface area contributed by atoms with E-state index in [4.69, 9.17) is 10.8 Å². The van der Waals surface area contributed by atoms with Gasteiger partial charge >= 0.3 is 5.97 Å². The number of nitrogens with two attached hydrogens (primary N) is 1. The number of anilines is 4. The number of nitrogens with one attached hydrogen (secondary N) is 3. The maximum absolute atomic E-state index is 13.4. The molecule has 0 bridgehead atoms. The van der Waals surface area contributed by atoms with Gasteiger partial charge in [-0.15, -0.1) is 0 Å². The van der Waals surface area contributed by atoms with Gasteiger partial charge in [-0.1, -0.05) is 20.8 Å². The lowest BCUT2D eigenvalue weighted by molar-refractivity contribution is 0.0694. The molecule has 0 saturated carbocycles. The Morgan fingerprint density at radius 1 is 0.651 bits per heavy atom. The first kappa shape index (κ1) is 48.2. The van der Waals surface area contributed by atoms with Crippen LogP contribution in [0, 0.1) is 17.5 Å². The molecule has 330 valence electrons. The molecule has 18 heteroatoms. The lowest BCUT2D eigenvalue weighted by atomic mass is 10.1. The van der Waals surface area contributed by atoms with Crippen LogP contribution in [0.15, 0.2) is 92.2 Å². The number of fused-ring (bicyclic) bond motifs is 1. The van der Waals surface area contributed by atoms with Crippen LogP contribution in [0.4, 0.5) is 35.9 Å². The number of carbonyl (C=O) groups excluding carboxylic acids is 1. The molecule has 0 saturated heterocycles. The highest BCUT2D eigenvalue weighted by molar-refractivity contribution is 6.06. The SMILES string of the molecule is CCNc1cc(F)ccc1N.CCNc1cc(F)ccc1NC(=O)c1cncnc1CC.CCc1ncncc1-c1nc2ccc(F)cc2n1CC.CCc1ncncc1C(=O)O. The number of aryl methyl sites for hydroxylation is 4. The summed E-state index contributed by atoms with van der Waals surface area (Å²) >= 11 is 0. The van der Waals surface area contributed by atoms with Crippen molar-refractivity contribution in [2.24, 2.45) is 0 Å². The summed E-state index contributed by atoms with van der Waals surface area (Å²) in [6, 6.07) is 13.1. The maximum atomic E-state index is 13.4. The summed E-state index contributed by atoms with van der Waals surface area (Å²) in [7, 11) is 0. The summed E-state index contributed by atoms with van der Waals surface area (Å²) in [6.45, 7) is 13.8. The third-order valence-corrected chi connectivity index (χ3v) is 9.11. The lowest BCUT2D eigenvalue weighted by Crippen LogP contribution is -2.16. The van der Waals surface area contributed by atoms with Gasteiger partial charge in [0.1, 0.15) is 42.3 Å². The van der Waals surface area contributed by atoms with E-state index in [0.717, 1.165) is 41.1 Å². The minimum absolute atomic E-state index is 0.190. The van der Waals surface area contributed by atoms with Gasteiger partial charge in [-0.2, -0.15) is 0 Å². The molecule has 0 atom stereocenters. The van der Waals surface area contributed by atoms with Crippen molar-refractivity contribution in [3.8, 4) is 11.4 Å². The van der Waals surface area contributed by atoms with Crippen molar-refractivity contribution >= 4 is 45.7 Å². The fourth-order valence-corrected chi connectivity index (χ4v) is 6.11. The normalized spacial score (nSPS) is 10.3. The number of carboxylic acids is 1. The third-order valence-electron chi connectivity index (χ3n) is 9.11. The Hall–Kier alpha value is -7.50. The molecule has 0 aliphatic rings. The van der Waals surface area contributed by atoms with Gasteiger partial charge < -0.3 is 31.4 Å². The molecule has 4 aromatic heterocycles. The zero-order chi connectivity index (χ0) is 45.9. The van der Waals surface area contributed by atoms with Gasteiger partial charge in [-0.3, -0.25) is 4.79 Å². The Morgan fingerprint density at radius 3 is 1.76 bits per heavy atom. The summed E-state index contributed by atoms with van der Waals surface area (Å²) in [5.74, 6) is -1.36. The Bertz CT molecular complexity index is 2610. The first-order valence-electron chi connectivity index (χ1n) is 20.3. The zero-order valence-corrected chi connectivity index (χ0v) is 36.0. The Balaban J connectivity index is 0.000000193. The predicted molar refractivity (Wildman–Crippen MR) is 239 cm³/mol. The van der Waals surface area contributed by atoms with Crippen LogP contribution in [0.25, 0.3) is 22.4 Å². The van der Waals surface area contributed by atoms with Gasteiger partial charge in [0.25, 0.3) is 5.91 Å². The third kappa shape index (κ3) is 13.2. The van der Waals surface area contributed by atoms with Gasteiger partial charge in [0.15, 0.2) is 0 Å². The van der Waals surface area contributed by atoms with Crippen LogP contribution in [0.1, 0.15) is 79.3 Å². The monoisotopic (exact) mass is 864 g/mol. The van der Waals surface area contributed by atoms with E-state index in [-0.39, 0.29) is 28.9 Å². The van der Waals surface area contributed by atoms with E-state index in [2.05, 4.69) is 50.8 Å². The molecule has 7 rings (SSSR count). The van der Waals surface area contributed by atoms with Crippen molar-refractivity contribution in [2.45, 2.75) is 67.3 Å². The van der Waals surface area contributed by atoms with E-state index in [0.29, 0.717) is 65.6 Å². The largest absolute Gasteiger partial charge is 0.478 e. The Kier molecular flexibility index (Phi) is 18.4. The number of aromatic carboxylic acids is 1. The minimum Gasteiger partial charge on any atom is -0.478 e. The first-order chi connectivity index (χ1) is 30.4. The maximum Gasteiger partial charge on any atom is 0.339 e. The molecule has 0 spiro atoms. The predicted octanol–water partition coefficient (Wildman–Crippen LogP) is 8.65. The number of carbonyl (C=O) groups is 2. The average molecular weight is 865 g/mol. The highest BCUT2D eigenvalue weighted by atomic mass is 19.1. The highest BCUT2D eigenvalue weighted by Gasteiger charge is 2.16. The molecule has 0 fully saturated rings. The van der Waals surface area contributed by atoms with Gasteiger partial charge in [0, 0.05) is 38.2 Å². The second-order valence-corrected chi connectivity index (χ2v) is 13.3. The number of halogens is 3. The van der Waals surface area contributed by atoms with Gasteiger partial charge in [0.05, 0.1) is 67.6 Å². The molecule has 3 aromatic carbocycles. The molecule has 7 aromatic rings. The summed E-state index contributed by atoms with van der Waals surface area (Å²) in [5, 5.41) is 17.4. The molecular formula is C45H51F3N12O3. The van der Waals surface area contributed by atoms with Gasteiger partial charge in [0.2, 0.25) is 0 Å². The summed E-state index contributed by atoms with van der Waals surface area (Å²) in [4.78, 5) is 51.3. The average Bonchev–Trinajstić information content (AvgIpc) is 3.66. The van der Waals surface area contributed by atoms with Crippen LogP contribution in [0.5, 0.6) is 0 Å². The quantitative estimate of drug-likeness (QED) is 0.0729. The van der Waals surface area contributed by atoms with Crippen LogP contribution in [0.2, 0.25) is 0 Å². The fraction of sp³-hybridized carbons (Fsp3) is 0.267. The number of nitrogens with zero attached hydrogens (tertiary/aromatic N) is 8. The molecule has 0 aliphatic heterocycles. The number of carboxylic acid groups (broad SMARTS) is 1. The van der Waals surface area contributed by atoms with E-state index < -0.39 is 5.97 Å². The fourth-order valence-electron chi connectivity index (χ4n) is 6.11. The first-order valence-corrected chi connectivity index (χ1v) is 20.3. The van der Waals surface area contributed by atoms with E-state index in [1.165, 1.54) is 67.5 Å². The number of nitrogen functional groups attached to an aromatic ring is 1. The van der Waals surface area contributed by atoms with Crippen molar-refractivity contribution in [3.05, 3.63) is 138 Å². The molecule has 63 heavy (non-hydrogen) atoms. The van der Waals surface area contributed by atoms with Crippen LogP contribution in [-0.2, 0) is 25.8 Å². The van der Waals surface area contributed by atoms with Gasteiger partial charge in [-0.25, -0.2) is 52.9 Å². The molecule has 0 aliphatic carbocycles. The molecule has 0 unspecified atom stereocenters. The number of rotatable bonds is 12. The van der Waals surface area contributed by atoms with E-state index >= 15 is 0 Å². The second kappa shape index (κ2) is 24.1. The number of amides is 1. The second-order valence-electron chi connectivity index (χ2n) is 13.3. The minimum atomic E-state index is -0.970. The van der Waals surface area contributed by atoms with Gasteiger partial charge in [-0.05, 0) is 94.6 Å². The Labute approximate surface area is 363 Å². The van der Waals surface area contributed by atoms with Crippen LogP contribution >= 0.6 is 0 Å². The molecule has 1 amide bonds. The molecule has 6 N–H and O–H groups in total. The molecule has 0 radical (unpaired) electrons. The summed E-state index contributed by atoms with van der Waals surface area (Å²) < 4.78 is 41.3. The number of aromatic nitrogens is 8. The Morgan fingerprint density at radius 2 is 1.17 bits per heavy atom. The molecular weight excluding hydrogens is 814 g/mol. The smallest absolute Gasteiger partial charge is 0.339 e. The van der Waals surface area contributed by atoms with Crippen molar-refractivity contribution in [1.29, 1.82) is 0 Å². The van der Waals surface area contributed by atoms with Crippen LogP contribution in [-0.4, -0.2) is 69.5 Å². The summed E-state index contributed by atoms with van der Waals surface area (Å²) in [5.41, 5.74) is 13.2. The highest BCUT2D eigenvalue weighted by Crippen LogP contribution is 2.27. The topological polar surface area (TPSA) is 212 Å². The van der Waals surface area contributed by atoms with Crippen molar-refractivity contribution < 1.29 is 27.9 Å². The van der Waals surface area contributed by atoms with E-state index in [9.17, 15) is 22.8 Å². The van der Waals surface area contributed by atoms with Crippen molar-refractivity contribution in [1.82, 2.24) is 39.5 Å². The molecule has 15 nitrogen and oxygen atoms in total. The van der Waals surface area contributed by atoms with Crippen molar-refractivity contribution in [2.75, 3.05) is 34.8 Å². The lowest BCUT2D eigenvalue weighted by Gasteiger charge is -2.13. The van der Waals surface area contributed by atoms with Crippen LogP contribution in [0.3, 0.4) is 0 Å². The number of hydrogen-bond donors (Lipinski definition) is 5. The van der Waals surface area contributed by atoms with E-state index in [1.807, 2.05) is 46.1 Å². The standard InChI is InChI=1S/C15H17FN4O.C15H15FN4.C8H11FN2.C7H8N2O2/c1-3-12-11(8-17-9-19-12)15(21)20-13-6-5-10(16)7-14(13)18-4-2;1-3-12-11(8-17-9-18-12)15-19-13-6-5-10(16)7-14(13)20(15)4-2;1-2-11-8-5-6(9)3-4-7(8)10;1-2-6-5(7(10)11)3-8-4-9-6/h5-9,18H,3-4H2,1-2H3,(H,20,21);5-9H,3-4H2,1-2H3;3-5,11H,2,10H2,1H3;3-4H,2H2,1H3,(H,10,11). The number of hydrogen-bond acceptors (Lipinski definition) is 12. The van der Waals surface area contributed by atoms with E-state index in [1.54, 1.807) is 24.7 Å². The zero-order valence-electron chi connectivity index (χ0n) is 36.0. The molecule has 4 heterocycles.